The van der Waals surface area contributed by atoms with Crippen LogP contribution in [0.4, 0.5) is 5.69 Å². The monoisotopic (exact) mass is 332 g/mol. The van der Waals surface area contributed by atoms with Crippen molar-refractivity contribution in [1.29, 1.82) is 0 Å². The first-order valence-corrected chi connectivity index (χ1v) is 7.12. The second kappa shape index (κ2) is 6.09. The molecular weight excluding hydrogens is 316 g/mol. The molecular formula is C16H17BrN2O. The summed E-state index contributed by atoms with van der Waals surface area (Å²) in [7, 11) is 1.79. The van der Waals surface area contributed by atoms with E-state index in [1.54, 1.807) is 18.0 Å². The Morgan fingerprint density at radius 2 is 1.85 bits per heavy atom. The number of rotatable bonds is 3. The Morgan fingerprint density at radius 1 is 1.20 bits per heavy atom. The lowest BCUT2D eigenvalue weighted by Gasteiger charge is -2.18. The molecule has 0 aliphatic heterocycles. The van der Waals surface area contributed by atoms with Crippen LogP contribution in [0.1, 0.15) is 21.5 Å². The zero-order chi connectivity index (χ0) is 14.7. The number of anilines is 1. The van der Waals surface area contributed by atoms with Crippen molar-refractivity contribution in [3.63, 3.8) is 0 Å². The van der Waals surface area contributed by atoms with E-state index < -0.39 is 0 Å². The lowest BCUT2D eigenvalue weighted by molar-refractivity contribution is 0.0785. The highest BCUT2D eigenvalue weighted by Gasteiger charge is 2.12. The van der Waals surface area contributed by atoms with E-state index in [0.29, 0.717) is 17.8 Å². The smallest absolute Gasteiger partial charge is 0.253 e. The van der Waals surface area contributed by atoms with E-state index in [0.717, 1.165) is 15.6 Å². The van der Waals surface area contributed by atoms with E-state index in [1.165, 1.54) is 0 Å². The van der Waals surface area contributed by atoms with E-state index in [1.807, 2.05) is 43.3 Å². The number of nitrogens with two attached hydrogens (primary N) is 1. The standard InChI is InChI=1S/C16H17BrN2O/c1-11-3-6-13(9-15(11)18)16(20)19(2)10-12-4-7-14(17)8-5-12/h3-9H,10,18H2,1-2H3. The molecule has 2 aromatic carbocycles. The third kappa shape index (κ3) is 3.39. The Kier molecular flexibility index (Phi) is 4.45. The Morgan fingerprint density at radius 3 is 2.45 bits per heavy atom. The van der Waals surface area contributed by atoms with Gasteiger partial charge in [-0.25, -0.2) is 0 Å². The molecule has 0 saturated carbocycles. The fourth-order valence-electron chi connectivity index (χ4n) is 1.93. The molecule has 0 heterocycles. The zero-order valence-corrected chi connectivity index (χ0v) is 13.1. The first kappa shape index (κ1) is 14.6. The van der Waals surface area contributed by atoms with Crippen molar-refractivity contribution in [2.75, 3.05) is 12.8 Å². The van der Waals surface area contributed by atoms with Crippen molar-refractivity contribution in [2.45, 2.75) is 13.5 Å². The van der Waals surface area contributed by atoms with Crippen LogP contribution >= 0.6 is 15.9 Å². The third-order valence-electron chi connectivity index (χ3n) is 3.21. The number of hydrogen-bond donors (Lipinski definition) is 1. The van der Waals surface area contributed by atoms with Gasteiger partial charge in [0.15, 0.2) is 0 Å². The maximum atomic E-state index is 12.3. The summed E-state index contributed by atoms with van der Waals surface area (Å²) in [6.07, 6.45) is 0. The number of nitrogen functional groups attached to an aromatic ring is 1. The molecule has 2 aromatic rings. The summed E-state index contributed by atoms with van der Waals surface area (Å²) in [6, 6.07) is 13.3. The minimum Gasteiger partial charge on any atom is -0.398 e. The summed E-state index contributed by atoms with van der Waals surface area (Å²) in [5, 5.41) is 0. The largest absolute Gasteiger partial charge is 0.398 e. The Balaban J connectivity index is 2.11. The van der Waals surface area contributed by atoms with Gasteiger partial charge in [0.1, 0.15) is 0 Å². The van der Waals surface area contributed by atoms with Gasteiger partial charge in [0, 0.05) is 29.3 Å². The van der Waals surface area contributed by atoms with Crippen molar-refractivity contribution < 1.29 is 4.79 Å². The molecule has 0 spiro atoms. The van der Waals surface area contributed by atoms with Crippen LogP contribution < -0.4 is 5.73 Å². The van der Waals surface area contributed by atoms with Crippen molar-refractivity contribution in [2.24, 2.45) is 0 Å². The quantitative estimate of drug-likeness (QED) is 0.872. The summed E-state index contributed by atoms with van der Waals surface area (Å²) < 4.78 is 1.03. The molecule has 0 fully saturated rings. The maximum absolute atomic E-state index is 12.3. The first-order chi connectivity index (χ1) is 9.47. The molecule has 0 bridgehead atoms. The highest BCUT2D eigenvalue weighted by Crippen LogP contribution is 2.16. The molecule has 1 amide bonds. The van der Waals surface area contributed by atoms with Crippen LogP contribution in [-0.2, 0) is 6.54 Å². The Bertz CT molecular complexity index is 623. The molecule has 0 aromatic heterocycles. The van der Waals surface area contributed by atoms with E-state index in [4.69, 9.17) is 5.73 Å². The lowest BCUT2D eigenvalue weighted by Crippen LogP contribution is -2.26. The fraction of sp³-hybridized carbons (Fsp3) is 0.188. The molecule has 0 atom stereocenters. The molecule has 2 N–H and O–H groups in total. The van der Waals surface area contributed by atoms with Crippen molar-refractivity contribution in [3.05, 3.63) is 63.6 Å². The summed E-state index contributed by atoms with van der Waals surface area (Å²) in [5.41, 5.74) is 9.19. The zero-order valence-electron chi connectivity index (χ0n) is 11.6. The van der Waals surface area contributed by atoms with E-state index in [-0.39, 0.29) is 5.91 Å². The normalized spacial score (nSPS) is 10.3. The van der Waals surface area contributed by atoms with Gasteiger partial charge in [0.05, 0.1) is 0 Å². The minimum atomic E-state index is -0.0281. The van der Waals surface area contributed by atoms with Crippen molar-refractivity contribution in [1.82, 2.24) is 4.90 Å². The molecule has 0 unspecified atom stereocenters. The lowest BCUT2D eigenvalue weighted by atomic mass is 10.1. The van der Waals surface area contributed by atoms with Gasteiger partial charge in [0.25, 0.3) is 5.91 Å². The summed E-state index contributed by atoms with van der Waals surface area (Å²) >= 11 is 3.40. The van der Waals surface area contributed by atoms with Gasteiger partial charge in [-0.15, -0.1) is 0 Å². The maximum Gasteiger partial charge on any atom is 0.253 e. The number of benzene rings is 2. The summed E-state index contributed by atoms with van der Waals surface area (Å²) in [5.74, 6) is -0.0281. The SMILES string of the molecule is Cc1ccc(C(=O)N(C)Cc2ccc(Br)cc2)cc1N. The molecule has 0 saturated heterocycles. The average Bonchev–Trinajstić information content (AvgIpc) is 2.43. The molecule has 4 heteroatoms. The van der Waals surface area contributed by atoms with Gasteiger partial charge in [-0.05, 0) is 42.3 Å². The minimum absolute atomic E-state index is 0.0281. The fourth-order valence-corrected chi connectivity index (χ4v) is 2.19. The molecule has 20 heavy (non-hydrogen) atoms. The number of carbonyl (C=O) groups excluding carboxylic acids is 1. The van der Waals surface area contributed by atoms with Crippen LogP contribution in [0.15, 0.2) is 46.9 Å². The first-order valence-electron chi connectivity index (χ1n) is 6.33. The van der Waals surface area contributed by atoms with E-state index in [2.05, 4.69) is 15.9 Å². The number of carbonyl (C=O) groups is 1. The van der Waals surface area contributed by atoms with Crippen LogP contribution in [0.25, 0.3) is 0 Å². The highest BCUT2D eigenvalue weighted by atomic mass is 79.9. The second-order valence-electron chi connectivity index (χ2n) is 4.86. The molecule has 0 aliphatic carbocycles. The van der Waals surface area contributed by atoms with Crippen LogP contribution in [0.5, 0.6) is 0 Å². The third-order valence-corrected chi connectivity index (χ3v) is 3.73. The average molecular weight is 333 g/mol. The van der Waals surface area contributed by atoms with Crippen molar-refractivity contribution in [3.8, 4) is 0 Å². The predicted molar refractivity (Wildman–Crippen MR) is 85.5 cm³/mol. The van der Waals surface area contributed by atoms with Crippen LogP contribution in [-0.4, -0.2) is 17.9 Å². The van der Waals surface area contributed by atoms with E-state index >= 15 is 0 Å². The summed E-state index contributed by atoms with van der Waals surface area (Å²) in [4.78, 5) is 14.0. The number of amides is 1. The summed E-state index contributed by atoms with van der Waals surface area (Å²) in [6.45, 7) is 2.50. The number of hydrogen-bond acceptors (Lipinski definition) is 2. The molecule has 0 radical (unpaired) electrons. The van der Waals surface area contributed by atoms with Gasteiger partial charge in [-0.1, -0.05) is 34.1 Å². The van der Waals surface area contributed by atoms with Gasteiger partial charge >= 0.3 is 0 Å². The molecule has 0 aliphatic rings. The van der Waals surface area contributed by atoms with Crippen molar-refractivity contribution >= 4 is 27.5 Å². The topological polar surface area (TPSA) is 46.3 Å². The van der Waals surface area contributed by atoms with Gasteiger partial charge in [-0.2, -0.15) is 0 Å². The Labute approximate surface area is 127 Å². The molecule has 104 valence electrons. The number of aryl methyl sites for hydroxylation is 1. The van der Waals surface area contributed by atoms with Crippen LogP contribution in [0, 0.1) is 6.92 Å². The molecule has 2 rings (SSSR count). The number of halogens is 1. The van der Waals surface area contributed by atoms with Gasteiger partial charge in [0.2, 0.25) is 0 Å². The van der Waals surface area contributed by atoms with Gasteiger partial charge in [-0.3, -0.25) is 4.79 Å². The van der Waals surface area contributed by atoms with Gasteiger partial charge < -0.3 is 10.6 Å². The predicted octanol–water partition coefficient (Wildman–Crippen LogP) is 3.61. The van der Waals surface area contributed by atoms with E-state index in [9.17, 15) is 4.79 Å². The highest BCUT2D eigenvalue weighted by molar-refractivity contribution is 9.10. The molecule has 3 nitrogen and oxygen atoms in total. The Hall–Kier alpha value is -1.81. The number of nitrogens with zero attached hydrogens (tertiary/aromatic N) is 1. The van der Waals surface area contributed by atoms with Crippen LogP contribution in [0.2, 0.25) is 0 Å². The van der Waals surface area contributed by atoms with Crippen LogP contribution in [0.3, 0.4) is 0 Å². The second-order valence-corrected chi connectivity index (χ2v) is 5.77.